The molecule has 0 spiro atoms. The van der Waals surface area contributed by atoms with Gasteiger partial charge in [0.05, 0.1) is 25.7 Å². The van der Waals surface area contributed by atoms with Crippen LogP contribution in [0.15, 0.2) is 36.5 Å². The first-order valence-electron chi connectivity index (χ1n) is 12.7. The predicted molar refractivity (Wildman–Crippen MR) is 139 cm³/mol. The number of carbonyl (C=O) groups excluding carboxylic acids is 1. The summed E-state index contributed by atoms with van der Waals surface area (Å²) in [6.07, 6.45) is 3.23. The first-order chi connectivity index (χ1) is 17.4. The molecule has 0 saturated heterocycles. The molecular weight excluding hydrogens is 459 g/mol. The van der Waals surface area contributed by atoms with Crippen LogP contribution in [0.5, 0.6) is 5.88 Å². The maximum Gasteiger partial charge on any atom is 0.309 e. The van der Waals surface area contributed by atoms with Gasteiger partial charge >= 0.3 is 5.97 Å². The van der Waals surface area contributed by atoms with Gasteiger partial charge in [0.1, 0.15) is 6.61 Å². The van der Waals surface area contributed by atoms with Crippen molar-refractivity contribution < 1.29 is 18.7 Å². The number of likely N-dealkylation sites (N-methyl/N-ethyl adjacent to an activating group) is 1. The normalized spacial score (nSPS) is 16.8. The number of pyridine rings is 1. The Labute approximate surface area is 212 Å². The van der Waals surface area contributed by atoms with Crippen molar-refractivity contribution in [2.45, 2.75) is 32.7 Å². The molecule has 0 amide bonds. The molecule has 1 N–H and O–H groups in total. The minimum atomic E-state index is -0.309. The van der Waals surface area contributed by atoms with Gasteiger partial charge in [-0.3, -0.25) is 14.1 Å². The number of nitrogens with zero attached hydrogens (tertiary/aromatic N) is 3. The highest BCUT2D eigenvalue weighted by Gasteiger charge is 2.34. The fraction of sp³-hybridized carbons (Fsp3) is 0.500. The van der Waals surface area contributed by atoms with Crippen LogP contribution in [0.2, 0.25) is 0 Å². The average molecular weight is 497 g/mol. The summed E-state index contributed by atoms with van der Waals surface area (Å²) >= 11 is 0. The number of alkyl halides is 1. The summed E-state index contributed by atoms with van der Waals surface area (Å²) in [5.74, 6) is 0.153. The zero-order valence-corrected chi connectivity index (χ0v) is 21.7. The van der Waals surface area contributed by atoms with Crippen LogP contribution in [0.3, 0.4) is 0 Å². The number of aromatic amines is 1. The van der Waals surface area contributed by atoms with Crippen LogP contribution in [0.25, 0.3) is 10.9 Å². The molecule has 1 aliphatic rings. The van der Waals surface area contributed by atoms with Crippen molar-refractivity contribution in [1.29, 1.82) is 0 Å². The Morgan fingerprint density at radius 2 is 2.11 bits per heavy atom. The second kappa shape index (κ2) is 11.8. The molecule has 4 rings (SSSR count). The molecule has 0 bridgehead atoms. The Balaban J connectivity index is 1.65. The van der Waals surface area contributed by atoms with Gasteiger partial charge in [-0.1, -0.05) is 25.1 Å². The number of H-pyrrole nitrogens is 1. The van der Waals surface area contributed by atoms with Gasteiger partial charge in [0.25, 0.3) is 0 Å². The number of hydrogen-bond acceptors (Lipinski definition) is 6. The summed E-state index contributed by atoms with van der Waals surface area (Å²) in [4.78, 5) is 24.9. The van der Waals surface area contributed by atoms with Crippen molar-refractivity contribution in [2.24, 2.45) is 5.92 Å². The van der Waals surface area contributed by atoms with Gasteiger partial charge in [0, 0.05) is 54.5 Å². The molecule has 0 fully saturated rings. The van der Waals surface area contributed by atoms with E-state index in [1.54, 1.807) is 6.20 Å². The van der Waals surface area contributed by atoms with E-state index < -0.39 is 0 Å². The minimum Gasteiger partial charge on any atom is -0.476 e. The van der Waals surface area contributed by atoms with Crippen LogP contribution in [-0.4, -0.2) is 79.4 Å². The van der Waals surface area contributed by atoms with E-state index in [9.17, 15) is 9.18 Å². The van der Waals surface area contributed by atoms with Crippen LogP contribution in [-0.2, 0) is 16.0 Å². The van der Waals surface area contributed by atoms with Gasteiger partial charge in [-0.15, -0.1) is 0 Å². The Morgan fingerprint density at radius 3 is 2.89 bits per heavy atom. The maximum absolute atomic E-state index is 12.5. The van der Waals surface area contributed by atoms with Gasteiger partial charge < -0.3 is 19.4 Å². The first-order valence-corrected chi connectivity index (χ1v) is 12.7. The summed E-state index contributed by atoms with van der Waals surface area (Å²) in [6, 6.07) is 10.4. The molecule has 3 heterocycles. The largest absolute Gasteiger partial charge is 0.476 e. The fourth-order valence-corrected chi connectivity index (χ4v) is 5.18. The summed E-state index contributed by atoms with van der Waals surface area (Å²) in [7, 11) is 3.41. The fourth-order valence-electron chi connectivity index (χ4n) is 5.18. The minimum absolute atomic E-state index is 0.0640. The van der Waals surface area contributed by atoms with Crippen LogP contribution in [0.1, 0.15) is 41.8 Å². The number of para-hydroxylation sites is 1. The number of ether oxygens (including phenoxy) is 2. The number of esters is 1. The van der Waals surface area contributed by atoms with Crippen LogP contribution in [0.4, 0.5) is 4.39 Å². The van der Waals surface area contributed by atoms with E-state index >= 15 is 0 Å². The van der Waals surface area contributed by atoms with Gasteiger partial charge in [0.15, 0.2) is 0 Å². The Hall–Kier alpha value is -2.97. The van der Waals surface area contributed by atoms with E-state index in [2.05, 4.69) is 44.0 Å². The number of carbonyl (C=O) groups is 1. The van der Waals surface area contributed by atoms with Gasteiger partial charge in [-0.25, -0.2) is 4.98 Å². The third-order valence-electron chi connectivity index (χ3n) is 7.13. The quantitative estimate of drug-likeness (QED) is 0.399. The second-order valence-electron chi connectivity index (χ2n) is 9.66. The van der Waals surface area contributed by atoms with E-state index in [-0.39, 0.29) is 24.6 Å². The summed E-state index contributed by atoms with van der Waals surface area (Å²) in [5.41, 5.74) is 5.69. The highest BCUT2D eigenvalue weighted by Crippen LogP contribution is 2.40. The lowest BCUT2D eigenvalue weighted by atomic mass is 9.90. The molecule has 0 saturated carbocycles. The summed E-state index contributed by atoms with van der Waals surface area (Å²) < 4.78 is 23.6. The number of halogens is 1. The van der Waals surface area contributed by atoms with Crippen molar-refractivity contribution in [2.75, 3.05) is 53.6 Å². The standard InChI is InChI=1S/C28H37FN4O3/c1-19(28(34)35-4)18-33-15-11-23-22-8-5-6-9-24(22)31-25(23)26(33)21-10-13-30-27(20(21)2)36-17-16-32(3)14-7-12-29/h5-6,8-10,13,19,26,31H,7,11-12,14-18H2,1-4H3/t19-,26?/m1/s1. The lowest BCUT2D eigenvalue weighted by Crippen LogP contribution is -2.40. The summed E-state index contributed by atoms with van der Waals surface area (Å²) in [6.45, 7) is 6.94. The maximum atomic E-state index is 12.5. The van der Waals surface area contributed by atoms with Crippen molar-refractivity contribution in [3.05, 3.63) is 58.9 Å². The molecule has 8 heteroatoms. The molecule has 0 aliphatic carbocycles. The number of hydrogen-bond donors (Lipinski definition) is 1. The third-order valence-corrected chi connectivity index (χ3v) is 7.13. The van der Waals surface area contributed by atoms with Crippen LogP contribution < -0.4 is 4.74 Å². The lowest BCUT2D eigenvalue weighted by molar-refractivity contribution is -0.145. The molecule has 2 atom stereocenters. The Morgan fingerprint density at radius 1 is 1.31 bits per heavy atom. The van der Waals surface area contributed by atoms with E-state index in [1.807, 2.05) is 27.0 Å². The average Bonchev–Trinajstić information content (AvgIpc) is 3.26. The zero-order chi connectivity index (χ0) is 25.7. The van der Waals surface area contributed by atoms with Gasteiger partial charge in [-0.05, 0) is 50.1 Å². The molecule has 2 aromatic heterocycles. The SMILES string of the molecule is COC(=O)[C@H](C)CN1CCc2c([nH]c3ccccc23)C1c1ccnc(OCCN(C)CCCF)c1C. The molecule has 0 radical (unpaired) electrons. The van der Waals surface area contributed by atoms with Crippen molar-refractivity contribution >= 4 is 16.9 Å². The molecular formula is C28H37FN4O3. The van der Waals surface area contributed by atoms with E-state index in [0.717, 1.165) is 35.3 Å². The number of aromatic nitrogens is 2. The Kier molecular flexibility index (Phi) is 8.59. The number of rotatable bonds is 11. The van der Waals surface area contributed by atoms with Crippen LogP contribution >= 0.6 is 0 Å². The first kappa shape index (κ1) is 26.1. The monoisotopic (exact) mass is 496 g/mol. The highest BCUT2D eigenvalue weighted by molar-refractivity contribution is 5.85. The molecule has 1 aromatic carbocycles. The van der Waals surface area contributed by atoms with Gasteiger partial charge in [-0.2, -0.15) is 0 Å². The zero-order valence-electron chi connectivity index (χ0n) is 21.7. The number of benzene rings is 1. The molecule has 3 aromatic rings. The van der Waals surface area contributed by atoms with E-state index in [1.165, 1.54) is 18.1 Å². The smallest absolute Gasteiger partial charge is 0.309 e. The number of methoxy groups -OCH3 is 1. The third kappa shape index (κ3) is 5.55. The summed E-state index contributed by atoms with van der Waals surface area (Å²) in [5, 5.41) is 1.25. The lowest BCUT2D eigenvalue weighted by Gasteiger charge is -2.38. The predicted octanol–water partition coefficient (Wildman–Crippen LogP) is 4.30. The second-order valence-corrected chi connectivity index (χ2v) is 9.66. The molecule has 1 unspecified atom stereocenters. The van der Waals surface area contributed by atoms with E-state index in [4.69, 9.17) is 9.47 Å². The number of nitrogens with one attached hydrogen (secondary N) is 1. The number of fused-ring (bicyclic) bond motifs is 3. The molecule has 194 valence electrons. The molecule has 36 heavy (non-hydrogen) atoms. The topological polar surface area (TPSA) is 70.7 Å². The van der Waals surface area contributed by atoms with Crippen molar-refractivity contribution in [1.82, 2.24) is 19.8 Å². The molecule has 1 aliphatic heterocycles. The van der Waals surface area contributed by atoms with Gasteiger partial charge in [0.2, 0.25) is 5.88 Å². The van der Waals surface area contributed by atoms with E-state index in [0.29, 0.717) is 38.5 Å². The van der Waals surface area contributed by atoms with Crippen molar-refractivity contribution in [3.8, 4) is 5.88 Å². The Bertz CT molecular complexity index is 1180. The van der Waals surface area contributed by atoms with Crippen LogP contribution in [0, 0.1) is 12.8 Å². The molecule has 7 nitrogen and oxygen atoms in total. The highest BCUT2D eigenvalue weighted by atomic mass is 19.1. The van der Waals surface area contributed by atoms with Crippen molar-refractivity contribution in [3.63, 3.8) is 0 Å².